The molecule has 96 valence electrons. The summed E-state index contributed by atoms with van der Waals surface area (Å²) in [5, 5.41) is 0.268. The van der Waals surface area contributed by atoms with Gasteiger partial charge in [-0.1, -0.05) is 19.3 Å². The van der Waals surface area contributed by atoms with Gasteiger partial charge in [-0.3, -0.25) is 19.3 Å². The normalized spacial score (nSPS) is 17.4. The maximum Gasteiger partial charge on any atom is 0.327 e. The molecule has 1 aliphatic rings. The van der Waals surface area contributed by atoms with Gasteiger partial charge in [-0.05, 0) is 24.4 Å². The van der Waals surface area contributed by atoms with E-state index in [0.29, 0.717) is 5.65 Å². The molecular formula is C11H13ClN4O2. The van der Waals surface area contributed by atoms with Crippen molar-refractivity contribution >= 4 is 22.8 Å². The van der Waals surface area contributed by atoms with Gasteiger partial charge in [0.15, 0.2) is 5.52 Å². The van der Waals surface area contributed by atoms with E-state index < -0.39 is 11.2 Å². The molecule has 0 amide bonds. The summed E-state index contributed by atoms with van der Waals surface area (Å²) in [6.45, 7) is 0. The van der Waals surface area contributed by atoms with Crippen LogP contribution in [0.5, 0.6) is 0 Å². The van der Waals surface area contributed by atoms with Gasteiger partial charge in [0.05, 0.1) is 0 Å². The Balaban J connectivity index is 2.24. The van der Waals surface area contributed by atoms with E-state index in [1.807, 2.05) is 0 Å². The van der Waals surface area contributed by atoms with Crippen molar-refractivity contribution in [3.63, 3.8) is 0 Å². The average molecular weight is 269 g/mol. The molecule has 3 rings (SSSR count). The first kappa shape index (κ1) is 11.5. The second kappa shape index (κ2) is 4.28. The second-order valence-corrected chi connectivity index (χ2v) is 4.99. The molecule has 0 spiro atoms. The summed E-state index contributed by atoms with van der Waals surface area (Å²) in [5.74, 6) is 0. The van der Waals surface area contributed by atoms with Gasteiger partial charge in [0.25, 0.3) is 5.56 Å². The van der Waals surface area contributed by atoms with E-state index in [-0.39, 0.29) is 16.8 Å². The second-order valence-electron chi connectivity index (χ2n) is 4.65. The molecule has 0 radical (unpaired) electrons. The fourth-order valence-corrected chi connectivity index (χ4v) is 2.96. The number of hydrogen-bond donors (Lipinski definition) is 2. The molecule has 0 aliphatic heterocycles. The Morgan fingerprint density at radius 2 is 1.89 bits per heavy atom. The van der Waals surface area contributed by atoms with Crippen molar-refractivity contribution in [2.24, 2.45) is 0 Å². The molecule has 0 unspecified atom stereocenters. The van der Waals surface area contributed by atoms with Gasteiger partial charge in [0.1, 0.15) is 5.65 Å². The maximum atomic E-state index is 11.6. The van der Waals surface area contributed by atoms with E-state index in [1.165, 1.54) is 6.42 Å². The Morgan fingerprint density at radius 1 is 1.17 bits per heavy atom. The number of fused-ring (bicyclic) bond motifs is 1. The van der Waals surface area contributed by atoms with Crippen LogP contribution in [0.2, 0.25) is 5.28 Å². The summed E-state index contributed by atoms with van der Waals surface area (Å²) in [5.41, 5.74) is -0.392. The van der Waals surface area contributed by atoms with Crippen molar-refractivity contribution in [3.05, 3.63) is 26.1 Å². The fraction of sp³-hybridized carbons (Fsp3) is 0.545. The molecule has 18 heavy (non-hydrogen) atoms. The Kier molecular flexibility index (Phi) is 2.74. The topological polar surface area (TPSA) is 83.5 Å². The molecule has 7 heteroatoms. The Morgan fingerprint density at radius 3 is 2.61 bits per heavy atom. The number of imidazole rings is 1. The first-order valence-corrected chi connectivity index (χ1v) is 6.44. The minimum atomic E-state index is -0.527. The van der Waals surface area contributed by atoms with E-state index >= 15 is 0 Å². The van der Waals surface area contributed by atoms with Gasteiger partial charge in [0.2, 0.25) is 5.28 Å². The van der Waals surface area contributed by atoms with Crippen LogP contribution in [0.4, 0.5) is 0 Å². The Labute approximate surface area is 107 Å². The zero-order valence-electron chi connectivity index (χ0n) is 9.70. The lowest BCUT2D eigenvalue weighted by Gasteiger charge is -2.23. The third-order valence-corrected chi connectivity index (χ3v) is 3.75. The van der Waals surface area contributed by atoms with Gasteiger partial charge >= 0.3 is 5.69 Å². The first-order valence-electron chi connectivity index (χ1n) is 6.07. The van der Waals surface area contributed by atoms with Crippen LogP contribution in [-0.2, 0) is 0 Å². The van der Waals surface area contributed by atoms with E-state index in [4.69, 9.17) is 11.6 Å². The summed E-state index contributed by atoms with van der Waals surface area (Å²) in [7, 11) is 0. The smallest absolute Gasteiger partial charge is 0.298 e. The average Bonchev–Trinajstić information content (AvgIpc) is 2.67. The lowest BCUT2D eigenvalue weighted by molar-refractivity contribution is 0.358. The van der Waals surface area contributed by atoms with Gasteiger partial charge < -0.3 is 0 Å². The van der Waals surface area contributed by atoms with Crippen LogP contribution in [0, 0.1) is 0 Å². The number of rotatable bonds is 1. The molecule has 2 heterocycles. The number of H-pyrrole nitrogens is 2. The van der Waals surface area contributed by atoms with Crippen LogP contribution in [0.15, 0.2) is 9.59 Å². The molecule has 0 saturated heterocycles. The molecular weight excluding hydrogens is 256 g/mol. The van der Waals surface area contributed by atoms with E-state index in [0.717, 1.165) is 25.7 Å². The molecule has 1 fully saturated rings. The third-order valence-electron chi connectivity index (χ3n) is 3.48. The number of nitrogens with one attached hydrogen (secondary N) is 2. The molecule has 1 saturated carbocycles. The predicted octanol–water partition coefficient (Wildman–Crippen LogP) is 1.57. The van der Waals surface area contributed by atoms with Crippen LogP contribution in [0.1, 0.15) is 38.1 Å². The van der Waals surface area contributed by atoms with Crippen LogP contribution in [0.25, 0.3) is 11.2 Å². The molecule has 2 N–H and O–H groups in total. The minimum absolute atomic E-state index is 0.199. The van der Waals surface area contributed by atoms with Crippen LogP contribution >= 0.6 is 11.6 Å². The lowest BCUT2D eigenvalue weighted by Crippen LogP contribution is -2.23. The number of nitrogens with zero attached hydrogens (tertiary/aromatic N) is 2. The zero-order chi connectivity index (χ0) is 12.7. The molecule has 0 atom stereocenters. The highest BCUT2D eigenvalue weighted by Gasteiger charge is 2.22. The van der Waals surface area contributed by atoms with Crippen molar-refractivity contribution < 1.29 is 0 Å². The highest BCUT2D eigenvalue weighted by Crippen LogP contribution is 2.32. The van der Waals surface area contributed by atoms with Crippen LogP contribution < -0.4 is 11.2 Å². The number of hydrogen-bond acceptors (Lipinski definition) is 3. The van der Waals surface area contributed by atoms with Crippen molar-refractivity contribution in [3.8, 4) is 0 Å². The summed E-state index contributed by atoms with van der Waals surface area (Å²) in [6, 6.07) is 0.216. The Bertz CT molecular complexity index is 693. The highest BCUT2D eigenvalue weighted by molar-refractivity contribution is 6.29. The summed E-state index contributed by atoms with van der Waals surface area (Å²) in [6.07, 6.45) is 5.49. The van der Waals surface area contributed by atoms with Crippen molar-refractivity contribution in [2.45, 2.75) is 38.1 Å². The van der Waals surface area contributed by atoms with E-state index in [9.17, 15) is 9.59 Å². The third kappa shape index (κ3) is 1.77. The Hall–Kier alpha value is -1.56. The fourth-order valence-electron chi connectivity index (χ4n) is 2.66. The predicted molar refractivity (Wildman–Crippen MR) is 68.1 cm³/mol. The quantitative estimate of drug-likeness (QED) is 0.770. The van der Waals surface area contributed by atoms with Gasteiger partial charge in [-0.25, -0.2) is 9.78 Å². The number of aromatic amines is 2. The summed E-state index contributed by atoms with van der Waals surface area (Å²) >= 11 is 6.10. The molecule has 1 aliphatic carbocycles. The van der Waals surface area contributed by atoms with Crippen molar-refractivity contribution in [2.75, 3.05) is 0 Å². The van der Waals surface area contributed by atoms with Gasteiger partial charge in [0, 0.05) is 6.04 Å². The standard InChI is InChI=1S/C11H13ClN4O2/c12-10-13-7-8(14-11(18)15-9(7)17)16(10)6-4-2-1-3-5-6/h6H,1-5H2,(H2,14,15,17,18). The van der Waals surface area contributed by atoms with E-state index in [2.05, 4.69) is 15.0 Å². The number of halogens is 1. The molecule has 2 aromatic rings. The minimum Gasteiger partial charge on any atom is -0.298 e. The molecule has 0 aromatic carbocycles. The first-order chi connectivity index (χ1) is 8.66. The van der Waals surface area contributed by atoms with Crippen molar-refractivity contribution in [1.82, 2.24) is 19.5 Å². The zero-order valence-corrected chi connectivity index (χ0v) is 10.5. The molecule has 2 aromatic heterocycles. The van der Waals surface area contributed by atoms with Gasteiger partial charge in [-0.2, -0.15) is 0 Å². The van der Waals surface area contributed by atoms with Crippen molar-refractivity contribution in [1.29, 1.82) is 0 Å². The van der Waals surface area contributed by atoms with Gasteiger partial charge in [-0.15, -0.1) is 0 Å². The van der Waals surface area contributed by atoms with Crippen LogP contribution in [-0.4, -0.2) is 19.5 Å². The largest absolute Gasteiger partial charge is 0.327 e. The highest BCUT2D eigenvalue weighted by atomic mass is 35.5. The van der Waals surface area contributed by atoms with E-state index in [1.54, 1.807) is 4.57 Å². The summed E-state index contributed by atoms with van der Waals surface area (Å²) in [4.78, 5) is 31.8. The SMILES string of the molecule is O=c1[nH]c(=O)c2nc(Cl)n(C3CCCCC3)c2[nH]1. The summed E-state index contributed by atoms with van der Waals surface area (Å²) < 4.78 is 1.78. The van der Waals surface area contributed by atoms with Crippen LogP contribution in [0.3, 0.4) is 0 Å². The molecule has 0 bridgehead atoms. The molecule has 6 nitrogen and oxygen atoms in total. The lowest BCUT2D eigenvalue weighted by atomic mass is 9.95. The monoisotopic (exact) mass is 268 g/mol. The number of aromatic nitrogens is 4. The maximum absolute atomic E-state index is 11.6.